The van der Waals surface area contributed by atoms with E-state index in [1.807, 2.05) is 24.3 Å². The Hall–Kier alpha value is -1.71. The molecule has 100 valence electrons. The topological polar surface area (TPSA) is 47.6 Å². The highest BCUT2D eigenvalue weighted by Gasteiger charge is 1.99. The second-order valence-corrected chi connectivity index (χ2v) is 3.98. The lowest BCUT2D eigenvalue weighted by Gasteiger charge is -2.08. The Bertz CT molecular complexity index is 349. The first-order valence-corrected chi connectivity index (χ1v) is 6.29. The third-order valence-corrected chi connectivity index (χ3v) is 2.51. The lowest BCUT2D eigenvalue weighted by atomic mass is 10.3. The largest absolute Gasteiger partial charge is 0.494 e. The van der Waals surface area contributed by atoms with Crippen LogP contribution < -0.4 is 10.1 Å². The van der Waals surface area contributed by atoms with Crippen molar-refractivity contribution in [1.82, 2.24) is 0 Å². The fraction of sp³-hybridized carbons (Fsp3) is 0.500. The van der Waals surface area contributed by atoms with Crippen LogP contribution in [0.3, 0.4) is 0 Å². The highest BCUT2D eigenvalue weighted by Crippen LogP contribution is 2.15. The van der Waals surface area contributed by atoms with E-state index in [0.29, 0.717) is 13.0 Å². The molecule has 0 atom stereocenters. The van der Waals surface area contributed by atoms with E-state index in [0.717, 1.165) is 30.9 Å². The molecule has 0 bridgehead atoms. The molecule has 0 heterocycles. The van der Waals surface area contributed by atoms with E-state index >= 15 is 0 Å². The third kappa shape index (κ3) is 5.57. The smallest absolute Gasteiger partial charge is 0.307 e. The van der Waals surface area contributed by atoms with Crippen LogP contribution in [-0.4, -0.2) is 26.2 Å². The molecule has 0 aliphatic rings. The summed E-state index contributed by atoms with van der Waals surface area (Å²) in [5.41, 5.74) is 0.974. The molecular weight excluding hydrogens is 230 g/mol. The van der Waals surface area contributed by atoms with Gasteiger partial charge in [-0.25, -0.2) is 0 Å². The molecule has 1 aromatic carbocycles. The molecule has 1 N–H and O–H groups in total. The van der Waals surface area contributed by atoms with Crippen LogP contribution in [0.4, 0.5) is 5.69 Å². The van der Waals surface area contributed by atoms with E-state index in [9.17, 15) is 4.79 Å². The fourth-order valence-corrected chi connectivity index (χ4v) is 1.41. The van der Waals surface area contributed by atoms with Gasteiger partial charge < -0.3 is 14.8 Å². The van der Waals surface area contributed by atoms with E-state index in [-0.39, 0.29) is 5.97 Å². The Morgan fingerprint density at radius 2 is 2.00 bits per heavy atom. The minimum absolute atomic E-state index is 0.206. The molecule has 0 saturated carbocycles. The highest BCUT2D eigenvalue weighted by atomic mass is 16.5. The van der Waals surface area contributed by atoms with Crippen LogP contribution in [0.15, 0.2) is 24.3 Å². The molecule has 0 amide bonds. The molecule has 0 saturated heterocycles. The fourth-order valence-electron chi connectivity index (χ4n) is 1.41. The van der Waals surface area contributed by atoms with Gasteiger partial charge in [0, 0.05) is 12.2 Å². The Labute approximate surface area is 108 Å². The molecule has 0 aliphatic heterocycles. The number of carbonyl (C=O) groups is 1. The van der Waals surface area contributed by atoms with Gasteiger partial charge in [0.1, 0.15) is 5.75 Å². The zero-order valence-corrected chi connectivity index (χ0v) is 11.1. The van der Waals surface area contributed by atoms with Gasteiger partial charge in [0.25, 0.3) is 0 Å². The maximum atomic E-state index is 10.9. The number of ether oxygens (including phenoxy) is 2. The van der Waals surface area contributed by atoms with Crippen molar-refractivity contribution in [3.05, 3.63) is 24.3 Å². The second kappa shape index (κ2) is 8.39. The van der Waals surface area contributed by atoms with Crippen molar-refractivity contribution in [3.8, 4) is 5.75 Å². The summed E-state index contributed by atoms with van der Waals surface area (Å²) in [4.78, 5) is 10.9. The molecule has 0 aliphatic carbocycles. The predicted molar refractivity (Wildman–Crippen MR) is 72.0 cm³/mol. The summed E-state index contributed by atoms with van der Waals surface area (Å²) >= 11 is 0. The zero-order valence-electron chi connectivity index (χ0n) is 11.1. The van der Waals surface area contributed by atoms with Crippen molar-refractivity contribution < 1.29 is 14.3 Å². The van der Waals surface area contributed by atoms with E-state index in [1.54, 1.807) is 0 Å². The summed E-state index contributed by atoms with van der Waals surface area (Å²) in [5.74, 6) is 0.670. The van der Waals surface area contributed by atoms with Crippen molar-refractivity contribution in [3.63, 3.8) is 0 Å². The molecular formula is C14H21NO3. The van der Waals surface area contributed by atoms with Gasteiger partial charge in [-0.05, 0) is 30.7 Å². The minimum atomic E-state index is -0.206. The summed E-state index contributed by atoms with van der Waals surface area (Å²) in [7, 11) is 1.39. The molecule has 0 unspecified atom stereocenters. The molecule has 0 spiro atoms. The van der Waals surface area contributed by atoms with Gasteiger partial charge in [0.05, 0.1) is 20.1 Å². The molecule has 0 radical (unpaired) electrons. The zero-order chi connectivity index (χ0) is 13.2. The van der Waals surface area contributed by atoms with Crippen molar-refractivity contribution in [2.75, 3.05) is 25.6 Å². The van der Waals surface area contributed by atoms with E-state index < -0.39 is 0 Å². The van der Waals surface area contributed by atoms with Gasteiger partial charge in [-0.15, -0.1) is 0 Å². The van der Waals surface area contributed by atoms with Gasteiger partial charge in [0.2, 0.25) is 0 Å². The first-order valence-electron chi connectivity index (χ1n) is 6.29. The molecule has 0 fully saturated rings. The number of rotatable bonds is 8. The van der Waals surface area contributed by atoms with E-state index in [1.165, 1.54) is 7.11 Å². The lowest BCUT2D eigenvalue weighted by Crippen LogP contribution is -2.09. The number of carbonyl (C=O) groups excluding carboxylic acids is 1. The molecule has 0 aromatic heterocycles. The quantitative estimate of drug-likeness (QED) is 0.570. The normalized spacial score (nSPS) is 9.89. The number of anilines is 1. The summed E-state index contributed by atoms with van der Waals surface area (Å²) < 4.78 is 10.1. The molecule has 4 nitrogen and oxygen atoms in total. The van der Waals surface area contributed by atoms with Crippen LogP contribution in [0.5, 0.6) is 5.75 Å². The maximum Gasteiger partial charge on any atom is 0.307 e. The van der Waals surface area contributed by atoms with Crippen molar-refractivity contribution in [2.45, 2.75) is 26.2 Å². The standard InChI is InChI=1S/C14H21NO3/c1-3-4-11-18-13-7-5-12(6-8-13)15-10-9-14(16)17-2/h5-8,15H,3-4,9-11H2,1-2H3. The van der Waals surface area contributed by atoms with Gasteiger partial charge in [-0.3, -0.25) is 4.79 Å². The molecule has 4 heteroatoms. The SMILES string of the molecule is CCCCOc1ccc(NCCC(=O)OC)cc1. The van der Waals surface area contributed by atoms with Crippen LogP contribution in [0.2, 0.25) is 0 Å². The predicted octanol–water partition coefficient (Wildman–Crippen LogP) is 2.84. The summed E-state index contributed by atoms with van der Waals surface area (Å²) in [6, 6.07) is 7.74. The Balaban J connectivity index is 2.29. The van der Waals surface area contributed by atoms with Gasteiger partial charge in [-0.2, -0.15) is 0 Å². The van der Waals surface area contributed by atoms with Crippen molar-refractivity contribution >= 4 is 11.7 Å². The van der Waals surface area contributed by atoms with Crippen LogP contribution in [0.25, 0.3) is 0 Å². The average molecular weight is 251 g/mol. The van der Waals surface area contributed by atoms with Gasteiger partial charge in [0.15, 0.2) is 0 Å². The Morgan fingerprint density at radius 3 is 2.61 bits per heavy atom. The second-order valence-electron chi connectivity index (χ2n) is 3.98. The van der Waals surface area contributed by atoms with Crippen LogP contribution in [0, 0.1) is 0 Å². The molecule has 18 heavy (non-hydrogen) atoms. The Morgan fingerprint density at radius 1 is 1.28 bits per heavy atom. The molecule has 1 rings (SSSR count). The van der Waals surface area contributed by atoms with Gasteiger partial charge in [-0.1, -0.05) is 13.3 Å². The number of benzene rings is 1. The summed E-state index contributed by atoms with van der Waals surface area (Å²) in [5, 5.41) is 3.15. The van der Waals surface area contributed by atoms with Crippen LogP contribution >= 0.6 is 0 Å². The first-order chi connectivity index (χ1) is 8.76. The monoisotopic (exact) mass is 251 g/mol. The summed E-state index contributed by atoms with van der Waals surface area (Å²) in [6.07, 6.45) is 2.57. The number of hydrogen-bond acceptors (Lipinski definition) is 4. The number of unbranched alkanes of at least 4 members (excludes halogenated alkanes) is 1. The minimum Gasteiger partial charge on any atom is -0.494 e. The first kappa shape index (κ1) is 14.4. The summed E-state index contributed by atoms with van der Waals surface area (Å²) in [6.45, 7) is 3.46. The number of esters is 1. The van der Waals surface area contributed by atoms with Gasteiger partial charge >= 0.3 is 5.97 Å². The van der Waals surface area contributed by atoms with E-state index in [2.05, 4.69) is 17.0 Å². The van der Waals surface area contributed by atoms with E-state index in [4.69, 9.17) is 4.74 Å². The lowest BCUT2D eigenvalue weighted by molar-refractivity contribution is -0.140. The van der Waals surface area contributed by atoms with Crippen LogP contribution in [-0.2, 0) is 9.53 Å². The average Bonchev–Trinajstić information content (AvgIpc) is 2.40. The highest BCUT2D eigenvalue weighted by molar-refractivity contribution is 5.69. The maximum absolute atomic E-state index is 10.9. The Kier molecular flexibility index (Phi) is 6.69. The van der Waals surface area contributed by atoms with Crippen LogP contribution in [0.1, 0.15) is 26.2 Å². The van der Waals surface area contributed by atoms with Crippen molar-refractivity contribution in [1.29, 1.82) is 0 Å². The van der Waals surface area contributed by atoms with Crippen molar-refractivity contribution in [2.24, 2.45) is 0 Å². The number of nitrogens with one attached hydrogen (secondary N) is 1. The molecule has 1 aromatic rings. The number of methoxy groups -OCH3 is 1. The third-order valence-electron chi connectivity index (χ3n) is 2.51. The number of hydrogen-bond donors (Lipinski definition) is 1.